The molecule has 0 nitrogen and oxygen atoms in total. The maximum absolute atomic E-state index is 2.75. The van der Waals surface area contributed by atoms with Crippen LogP contribution in [-0.4, -0.2) is 16.3 Å². The number of rotatable bonds is 4. The van der Waals surface area contributed by atoms with E-state index in [1.54, 1.807) is 0 Å². The molecule has 0 aromatic rings. The van der Waals surface area contributed by atoms with Gasteiger partial charge in [-0.1, -0.05) is 32.6 Å². The Bertz CT molecular complexity index is 23.4. The van der Waals surface area contributed by atoms with Crippen LogP contribution in [0.4, 0.5) is 0 Å². The Morgan fingerprint density at radius 1 is 1.14 bits per heavy atom. The highest BCUT2D eigenvalue weighted by Gasteiger charge is 1.79. The minimum atomic E-state index is 1.28. The fourth-order valence-electron chi connectivity index (χ4n) is 0.571. The lowest BCUT2D eigenvalue weighted by atomic mass is 10.2. The van der Waals surface area contributed by atoms with E-state index in [9.17, 15) is 0 Å². The summed E-state index contributed by atoms with van der Waals surface area (Å²) in [5.74, 6) is 0. The van der Waals surface area contributed by atoms with Crippen LogP contribution in [0, 0.1) is 0 Å². The van der Waals surface area contributed by atoms with Crippen molar-refractivity contribution in [2.75, 3.05) is 0 Å². The zero-order valence-electron chi connectivity index (χ0n) is 5.11. The molecular formula is C6H13Al. The fraction of sp³-hybridized carbons (Fsp3) is 1.00. The zero-order chi connectivity index (χ0) is 5.54. The second kappa shape index (κ2) is 6.53. The van der Waals surface area contributed by atoms with Crippen LogP contribution in [0.3, 0.4) is 0 Å². The van der Waals surface area contributed by atoms with Gasteiger partial charge in [0.15, 0.2) is 0 Å². The topological polar surface area (TPSA) is 0 Å². The van der Waals surface area contributed by atoms with Crippen molar-refractivity contribution in [1.82, 2.24) is 0 Å². The SMILES string of the molecule is CCCCC[CH2][Al]. The van der Waals surface area contributed by atoms with Crippen LogP contribution < -0.4 is 0 Å². The van der Waals surface area contributed by atoms with Gasteiger partial charge >= 0.3 is 0 Å². The molecule has 40 valence electrons. The average Bonchev–Trinajstić information content (AvgIpc) is 1.69. The van der Waals surface area contributed by atoms with Gasteiger partial charge in [0, 0.05) is 0 Å². The molecule has 0 heterocycles. The summed E-state index contributed by atoms with van der Waals surface area (Å²) in [5.41, 5.74) is 0. The maximum atomic E-state index is 2.75. The predicted octanol–water partition coefficient (Wildman–Crippen LogP) is 2.15. The van der Waals surface area contributed by atoms with Crippen molar-refractivity contribution in [2.45, 2.75) is 37.9 Å². The molecule has 0 fully saturated rings. The molecule has 0 amide bonds. The van der Waals surface area contributed by atoms with Crippen LogP contribution in [0.2, 0.25) is 5.28 Å². The van der Waals surface area contributed by atoms with Gasteiger partial charge in [-0.15, -0.1) is 5.28 Å². The van der Waals surface area contributed by atoms with E-state index in [1.807, 2.05) is 0 Å². The summed E-state index contributed by atoms with van der Waals surface area (Å²) >= 11 is 2.75. The minimum absolute atomic E-state index is 1.28. The standard InChI is InChI=1S/C6H13.Al/c1-3-5-6-4-2;/h1,3-6H2,2H3;. The second-order valence-corrected chi connectivity index (χ2v) is 2.43. The summed E-state index contributed by atoms with van der Waals surface area (Å²) in [7, 11) is 0. The first-order valence-electron chi connectivity index (χ1n) is 3.12. The van der Waals surface area contributed by atoms with E-state index in [1.165, 1.54) is 31.0 Å². The highest BCUT2D eigenvalue weighted by atomic mass is 27.0. The smallest absolute Gasteiger partial charge is 0.118 e. The summed E-state index contributed by atoms with van der Waals surface area (Å²) in [6, 6.07) is 0. The predicted molar refractivity (Wildman–Crippen MR) is 34.7 cm³/mol. The first kappa shape index (κ1) is 7.53. The van der Waals surface area contributed by atoms with E-state index in [0.717, 1.165) is 0 Å². The van der Waals surface area contributed by atoms with E-state index in [2.05, 4.69) is 23.2 Å². The third-order valence-electron chi connectivity index (χ3n) is 1.06. The summed E-state index contributed by atoms with van der Waals surface area (Å²) < 4.78 is 0. The van der Waals surface area contributed by atoms with E-state index >= 15 is 0 Å². The Morgan fingerprint density at radius 3 is 2.29 bits per heavy atom. The van der Waals surface area contributed by atoms with Crippen LogP contribution in [0.1, 0.15) is 32.6 Å². The molecule has 0 bridgehead atoms. The van der Waals surface area contributed by atoms with Crippen molar-refractivity contribution >= 4 is 16.3 Å². The van der Waals surface area contributed by atoms with Crippen molar-refractivity contribution in [3.05, 3.63) is 0 Å². The van der Waals surface area contributed by atoms with Gasteiger partial charge in [-0.25, -0.2) is 0 Å². The normalized spacial score (nSPS) is 9.29. The van der Waals surface area contributed by atoms with Gasteiger partial charge in [0.25, 0.3) is 0 Å². The van der Waals surface area contributed by atoms with Gasteiger partial charge in [-0.05, 0) is 0 Å². The number of hydrogen-bond donors (Lipinski definition) is 0. The van der Waals surface area contributed by atoms with Crippen molar-refractivity contribution in [1.29, 1.82) is 0 Å². The van der Waals surface area contributed by atoms with Crippen molar-refractivity contribution in [2.24, 2.45) is 0 Å². The molecule has 0 aromatic carbocycles. The Kier molecular flexibility index (Phi) is 7.03. The molecule has 0 unspecified atom stereocenters. The quantitative estimate of drug-likeness (QED) is 0.386. The maximum Gasteiger partial charge on any atom is 0.118 e. The van der Waals surface area contributed by atoms with Crippen molar-refractivity contribution in [3.8, 4) is 0 Å². The van der Waals surface area contributed by atoms with Gasteiger partial charge in [0.2, 0.25) is 0 Å². The Morgan fingerprint density at radius 2 is 1.86 bits per heavy atom. The second-order valence-electron chi connectivity index (χ2n) is 1.85. The monoisotopic (exact) mass is 112 g/mol. The molecule has 0 aliphatic rings. The largest absolute Gasteiger partial charge is 0.118 e. The molecule has 0 rings (SSSR count). The van der Waals surface area contributed by atoms with Gasteiger partial charge in [-0.3, -0.25) is 0 Å². The van der Waals surface area contributed by atoms with Gasteiger partial charge in [-0.2, -0.15) is 0 Å². The highest BCUT2D eigenvalue weighted by Crippen LogP contribution is 1.99. The summed E-state index contributed by atoms with van der Waals surface area (Å²) in [6.07, 6.45) is 5.57. The van der Waals surface area contributed by atoms with E-state index in [-0.39, 0.29) is 0 Å². The number of unbranched alkanes of at least 4 members (excludes halogenated alkanes) is 3. The molecule has 1 heteroatoms. The first-order valence-corrected chi connectivity index (χ1v) is 3.93. The highest BCUT2D eigenvalue weighted by molar-refractivity contribution is 6.08. The molecule has 0 atom stereocenters. The fourth-order valence-corrected chi connectivity index (χ4v) is 0.860. The molecule has 0 saturated heterocycles. The zero-order valence-corrected chi connectivity index (χ0v) is 6.27. The average molecular weight is 112 g/mol. The van der Waals surface area contributed by atoms with Gasteiger partial charge in [0.1, 0.15) is 16.3 Å². The Hall–Kier alpha value is 0.532. The molecule has 0 aromatic heterocycles. The van der Waals surface area contributed by atoms with Crippen LogP contribution in [-0.2, 0) is 0 Å². The van der Waals surface area contributed by atoms with Crippen LogP contribution in [0.25, 0.3) is 0 Å². The lowest BCUT2D eigenvalue weighted by molar-refractivity contribution is 0.701. The van der Waals surface area contributed by atoms with Crippen molar-refractivity contribution < 1.29 is 0 Å². The lowest BCUT2D eigenvalue weighted by Crippen LogP contribution is -1.72. The molecule has 7 heavy (non-hydrogen) atoms. The number of hydrogen-bond acceptors (Lipinski definition) is 0. The molecule has 2 radical (unpaired) electrons. The van der Waals surface area contributed by atoms with Crippen LogP contribution in [0.5, 0.6) is 0 Å². The molecule has 0 aliphatic heterocycles. The van der Waals surface area contributed by atoms with Crippen molar-refractivity contribution in [3.63, 3.8) is 0 Å². The lowest BCUT2D eigenvalue weighted by Gasteiger charge is -1.91. The van der Waals surface area contributed by atoms with Gasteiger partial charge < -0.3 is 0 Å². The summed E-state index contributed by atoms with van der Waals surface area (Å²) in [6.45, 7) is 2.24. The molecule has 0 saturated carbocycles. The first-order chi connectivity index (χ1) is 3.41. The minimum Gasteiger partial charge on any atom is -0.118 e. The molecule has 0 N–H and O–H groups in total. The van der Waals surface area contributed by atoms with Gasteiger partial charge in [0.05, 0.1) is 0 Å². The van der Waals surface area contributed by atoms with E-state index in [0.29, 0.717) is 0 Å². The molecule has 0 spiro atoms. The van der Waals surface area contributed by atoms with Crippen LogP contribution >= 0.6 is 0 Å². The summed E-state index contributed by atoms with van der Waals surface area (Å²) in [4.78, 5) is 0. The third-order valence-corrected chi connectivity index (χ3v) is 1.47. The molecule has 0 aliphatic carbocycles. The van der Waals surface area contributed by atoms with E-state index < -0.39 is 0 Å². The van der Waals surface area contributed by atoms with E-state index in [4.69, 9.17) is 0 Å². The Labute approximate surface area is 54.7 Å². The summed E-state index contributed by atoms with van der Waals surface area (Å²) in [5, 5.41) is 1.28. The third kappa shape index (κ3) is 6.53. The molecular weight excluding hydrogens is 99.0 g/mol. The van der Waals surface area contributed by atoms with Crippen LogP contribution in [0.15, 0.2) is 0 Å². The Balaban J connectivity index is 2.45.